The summed E-state index contributed by atoms with van der Waals surface area (Å²) in [4.78, 5) is 4.77. The monoisotopic (exact) mass is 578 g/mol. The predicted molar refractivity (Wildman–Crippen MR) is 143 cm³/mol. The third kappa shape index (κ3) is 7.60. The van der Waals surface area contributed by atoms with E-state index in [-0.39, 0.29) is 43.3 Å². The first-order valence-corrected chi connectivity index (χ1v) is 12.7. The van der Waals surface area contributed by atoms with Gasteiger partial charge in [-0.05, 0) is 48.2 Å². The Balaban J connectivity index is 0.00000200. The summed E-state index contributed by atoms with van der Waals surface area (Å²) in [7, 11) is 0. The summed E-state index contributed by atoms with van der Waals surface area (Å²) in [6.07, 6.45) is -0.267. The third-order valence-corrected chi connectivity index (χ3v) is 7.63. The van der Waals surface area contributed by atoms with Crippen LogP contribution in [0.4, 0.5) is 13.2 Å². The van der Waals surface area contributed by atoms with Crippen LogP contribution in [0.1, 0.15) is 49.1 Å². The van der Waals surface area contributed by atoms with Gasteiger partial charge in [0.25, 0.3) is 0 Å². The summed E-state index contributed by atoms with van der Waals surface area (Å²) in [6, 6.07) is 12.1. The molecule has 2 aliphatic heterocycles. The molecule has 212 valence electrons. The molecule has 1 atom stereocenters. The molecule has 5 rings (SSSR count). The Hall–Kier alpha value is -1.91. The van der Waals surface area contributed by atoms with Crippen LogP contribution in [0.2, 0.25) is 0 Å². The Bertz CT molecular complexity index is 1030. The number of hydrogen-bond acceptors (Lipinski definition) is 6. The van der Waals surface area contributed by atoms with Crippen LogP contribution in [0.3, 0.4) is 0 Å². The van der Waals surface area contributed by atoms with E-state index in [0.29, 0.717) is 19.4 Å². The maximum Gasteiger partial charge on any atom is 0.573 e. The molecule has 1 unspecified atom stereocenters. The normalized spacial score (nSPS) is 20.2. The molecule has 0 spiro atoms. The molecule has 11 heteroatoms. The Morgan fingerprint density at radius 1 is 0.868 bits per heavy atom. The van der Waals surface area contributed by atoms with Gasteiger partial charge in [-0.25, -0.2) is 0 Å². The average molecular weight is 579 g/mol. The molecule has 2 aromatic carbocycles. The van der Waals surface area contributed by atoms with Crippen LogP contribution in [0.25, 0.3) is 0 Å². The van der Waals surface area contributed by atoms with Crippen molar-refractivity contribution >= 4 is 24.8 Å². The van der Waals surface area contributed by atoms with Gasteiger partial charge in [0.1, 0.15) is 5.75 Å². The number of benzene rings is 2. The SMILES string of the molecule is Cl.Cl.OC1(C(CN2CCN(Cc3ccc4c(c3)OCO4)CC2)c2ccc(OC(F)(F)F)cc2)CCCCC1. The maximum atomic E-state index is 12.6. The van der Waals surface area contributed by atoms with Gasteiger partial charge in [0.2, 0.25) is 6.79 Å². The van der Waals surface area contributed by atoms with E-state index in [1.807, 2.05) is 12.1 Å². The smallest absolute Gasteiger partial charge is 0.454 e. The van der Waals surface area contributed by atoms with Crippen molar-refractivity contribution in [3.8, 4) is 17.2 Å². The van der Waals surface area contributed by atoms with Crippen molar-refractivity contribution in [1.29, 1.82) is 0 Å². The number of piperazine rings is 1. The second-order valence-corrected chi connectivity index (χ2v) is 10.1. The second-order valence-electron chi connectivity index (χ2n) is 10.1. The van der Waals surface area contributed by atoms with Gasteiger partial charge >= 0.3 is 6.36 Å². The lowest BCUT2D eigenvalue weighted by atomic mass is 9.72. The molecule has 0 aromatic heterocycles. The number of fused-ring (bicyclic) bond motifs is 1. The summed E-state index contributed by atoms with van der Waals surface area (Å²) in [5.41, 5.74) is 1.19. The lowest BCUT2D eigenvalue weighted by Gasteiger charge is -2.43. The van der Waals surface area contributed by atoms with Crippen LogP contribution < -0.4 is 14.2 Å². The first-order chi connectivity index (χ1) is 17.3. The molecule has 0 amide bonds. The van der Waals surface area contributed by atoms with Crippen LogP contribution in [-0.4, -0.2) is 66.4 Å². The lowest BCUT2D eigenvalue weighted by molar-refractivity contribution is -0.274. The number of halogens is 5. The van der Waals surface area contributed by atoms with Crippen molar-refractivity contribution in [1.82, 2.24) is 9.80 Å². The average Bonchev–Trinajstić information content (AvgIpc) is 3.32. The molecule has 0 radical (unpaired) electrons. The molecule has 6 nitrogen and oxygen atoms in total. The first-order valence-electron chi connectivity index (χ1n) is 12.7. The maximum absolute atomic E-state index is 12.6. The Morgan fingerprint density at radius 2 is 1.50 bits per heavy atom. The minimum atomic E-state index is -4.72. The molecule has 1 saturated carbocycles. The topological polar surface area (TPSA) is 54.4 Å². The zero-order valence-electron chi connectivity index (χ0n) is 21.1. The zero-order valence-corrected chi connectivity index (χ0v) is 22.8. The second kappa shape index (κ2) is 13.0. The van der Waals surface area contributed by atoms with Crippen molar-refractivity contribution in [2.45, 2.75) is 56.5 Å². The van der Waals surface area contributed by atoms with Crippen molar-refractivity contribution in [2.24, 2.45) is 0 Å². The van der Waals surface area contributed by atoms with Gasteiger partial charge in [-0.1, -0.05) is 37.5 Å². The summed E-state index contributed by atoms with van der Waals surface area (Å²) in [6.45, 7) is 5.31. The zero-order chi connectivity index (χ0) is 25.2. The minimum Gasteiger partial charge on any atom is -0.454 e. The number of aliphatic hydroxyl groups is 1. The van der Waals surface area contributed by atoms with E-state index in [2.05, 4.69) is 20.6 Å². The number of alkyl halides is 3. The summed E-state index contributed by atoms with van der Waals surface area (Å²) < 4.78 is 52.8. The van der Waals surface area contributed by atoms with Crippen LogP contribution >= 0.6 is 24.8 Å². The Labute approximate surface area is 233 Å². The highest BCUT2D eigenvalue weighted by atomic mass is 35.5. The summed E-state index contributed by atoms with van der Waals surface area (Å²) in [5.74, 6) is 1.17. The molecule has 2 fully saturated rings. The number of rotatable bonds is 7. The molecule has 1 aliphatic carbocycles. The van der Waals surface area contributed by atoms with Gasteiger partial charge < -0.3 is 24.2 Å². The van der Waals surface area contributed by atoms with E-state index >= 15 is 0 Å². The lowest BCUT2D eigenvalue weighted by Crippen LogP contribution is -2.50. The van der Waals surface area contributed by atoms with Crippen molar-refractivity contribution in [2.75, 3.05) is 39.5 Å². The van der Waals surface area contributed by atoms with Gasteiger partial charge in [-0.2, -0.15) is 0 Å². The van der Waals surface area contributed by atoms with E-state index in [0.717, 1.165) is 69.0 Å². The fourth-order valence-electron chi connectivity index (χ4n) is 5.69. The van der Waals surface area contributed by atoms with E-state index < -0.39 is 12.0 Å². The first kappa shape index (κ1) is 30.6. The van der Waals surface area contributed by atoms with Crippen LogP contribution in [0.15, 0.2) is 42.5 Å². The van der Waals surface area contributed by atoms with Gasteiger partial charge in [-0.3, -0.25) is 4.90 Å². The van der Waals surface area contributed by atoms with Crippen molar-refractivity contribution in [3.05, 3.63) is 53.6 Å². The Morgan fingerprint density at radius 3 is 2.16 bits per heavy atom. The summed E-state index contributed by atoms with van der Waals surface area (Å²) >= 11 is 0. The highest BCUT2D eigenvalue weighted by molar-refractivity contribution is 5.85. The number of nitrogens with zero attached hydrogens (tertiary/aromatic N) is 2. The van der Waals surface area contributed by atoms with Crippen LogP contribution in [0.5, 0.6) is 17.2 Å². The van der Waals surface area contributed by atoms with E-state index in [9.17, 15) is 18.3 Å². The molecular weight excluding hydrogens is 544 g/mol. The standard InChI is InChI=1S/C27H33F3N2O4.2ClH/c28-27(29,30)36-22-7-5-21(6-8-22)23(26(33)10-2-1-3-11-26)18-32-14-12-31(13-15-32)17-20-4-9-24-25(16-20)35-19-34-24;;/h4-9,16,23,33H,1-3,10-15,17-19H2;2*1H. The predicted octanol–water partition coefficient (Wildman–Crippen LogP) is 5.75. The molecule has 3 aliphatic rings. The third-order valence-electron chi connectivity index (χ3n) is 7.63. The van der Waals surface area contributed by atoms with Gasteiger partial charge in [0.15, 0.2) is 11.5 Å². The molecular formula is C27H35Cl2F3N2O4. The molecule has 2 aromatic rings. The van der Waals surface area contributed by atoms with Crippen LogP contribution in [-0.2, 0) is 6.54 Å². The highest BCUT2D eigenvalue weighted by Crippen LogP contribution is 2.41. The van der Waals surface area contributed by atoms with E-state index in [1.54, 1.807) is 12.1 Å². The fourth-order valence-corrected chi connectivity index (χ4v) is 5.69. The molecule has 2 heterocycles. The van der Waals surface area contributed by atoms with E-state index in [4.69, 9.17) is 9.47 Å². The largest absolute Gasteiger partial charge is 0.573 e. The van der Waals surface area contributed by atoms with Crippen molar-refractivity contribution < 1.29 is 32.5 Å². The van der Waals surface area contributed by atoms with Crippen LogP contribution in [0, 0.1) is 0 Å². The molecule has 1 N–H and O–H groups in total. The fraction of sp³-hybridized carbons (Fsp3) is 0.556. The minimum absolute atomic E-state index is 0. The van der Waals surface area contributed by atoms with Gasteiger partial charge in [0, 0.05) is 45.2 Å². The number of hydrogen-bond donors (Lipinski definition) is 1. The molecule has 0 bridgehead atoms. The molecule has 38 heavy (non-hydrogen) atoms. The molecule has 1 saturated heterocycles. The Kier molecular flexibility index (Phi) is 10.4. The number of ether oxygens (including phenoxy) is 3. The highest BCUT2D eigenvalue weighted by Gasteiger charge is 2.40. The van der Waals surface area contributed by atoms with Gasteiger partial charge in [-0.15, -0.1) is 38.0 Å². The van der Waals surface area contributed by atoms with Crippen molar-refractivity contribution in [3.63, 3.8) is 0 Å². The summed E-state index contributed by atoms with van der Waals surface area (Å²) in [5, 5.41) is 11.6. The van der Waals surface area contributed by atoms with E-state index in [1.165, 1.54) is 17.7 Å². The quantitative estimate of drug-likeness (QED) is 0.451. The van der Waals surface area contributed by atoms with Gasteiger partial charge in [0.05, 0.1) is 5.60 Å².